The molecule has 2 rings (SSSR count). The number of nitrogens with zero attached hydrogens (tertiary/aromatic N) is 1. The molecular formula is C19H27NO. The van der Waals surface area contributed by atoms with E-state index in [4.69, 9.17) is 0 Å². The molecular weight excluding hydrogens is 258 g/mol. The Kier molecular flexibility index (Phi) is 5.06. The van der Waals surface area contributed by atoms with Crippen molar-refractivity contribution in [1.29, 1.82) is 5.26 Å². The second-order valence-electron chi connectivity index (χ2n) is 7.03. The molecule has 0 heterocycles. The number of aliphatic hydroxyl groups is 1. The van der Waals surface area contributed by atoms with Crippen molar-refractivity contribution in [2.45, 2.75) is 59.0 Å². The summed E-state index contributed by atoms with van der Waals surface area (Å²) in [6.45, 7) is 6.58. The Hall–Kier alpha value is -1.33. The van der Waals surface area contributed by atoms with Crippen LogP contribution in [0.1, 0.15) is 63.7 Å². The maximum absolute atomic E-state index is 10.7. The summed E-state index contributed by atoms with van der Waals surface area (Å²) in [4.78, 5) is 0. The molecule has 0 bridgehead atoms. The lowest BCUT2D eigenvalue weighted by atomic mass is 9.77. The number of hydrogen-bond acceptors (Lipinski definition) is 2. The summed E-state index contributed by atoms with van der Waals surface area (Å²) in [6, 6.07) is 10.6. The highest BCUT2D eigenvalue weighted by molar-refractivity contribution is 5.28. The van der Waals surface area contributed by atoms with Crippen LogP contribution in [-0.2, 0) is 6.42 Å². The zero-order chi connectivity index (χ0) is 15.5. The van der Waals surface area contributed by atoms with E-state index < -0.39 is 11.5 Å². The molecule has 0 saturated heterocycles. The smallest absolute Gasteiger partial charge is 0.0976 e. The molecule has 1 aromatic rings. The molecule has 0 aliphatic heterocycles. The molecule has 0 amide bonds. The molecule has 2 nitrogen and oxygen atoms in total. The van der Waals surface area contributed by atoms with Crippen molar-refractivity contribution in [3.63, 3.8) is 0 Å². The van der Waals surface area contributed by atoms with E-state index in [1.54, 1.807) is 0 Å². The summed E-state index contributed by atoms with van der Waals surface area (Å²) in [7, 11) is 0. The first-order valence-corrected chi connectivity index (χ1v) is 8.19. The lowest BCUT2D eigenvalue weighted by Crippen LogP contribution is -2.24. The van der Waals surface area contributed by atoms with Crippen molar-refractivity contribution in [3.05, 3.63) is 35.4 Å². The lowest BCUT2D eigenvalue weighted by molar-refractivity contribution is 0.0640. The molecule has 1 aromatic carbocycles. The fourth-order valence-corrected chi connectivity index (χ4v) is 3.57. The quantitative estimate of drug-likeness (QED) is 0.856. The molecule has 0 spiro atoms. The predicted molar refractivity (Wildman–Crippen MR) is 85.6 cm³/mol. The van der Waals surface area contributed by atoms with Crippen molar-refractivity contribution in [1.82, 2.24) is 0 Å². The summed E-state index contributed by atoms with van der Waals surface area (Å²) in [6.07, 6.45) is 4.20. The molecule has 1 aliphatic rings. The van der Waals surface area contributed by atoms with Crippen LogP contribution >= 0.6 is 0 Å². The summed E-state index contributed by atoms with van der Waals surface area (Å²) >= 11 is 0. The average molecular weight is 285 g/mol. The van der Waals surface area contributed by atoms with E-state index >= 15 is 0 Å². The largest absolute Gasteiger partial charge is 0.387 e. The van der Waals surface area contributed by atoms with Crippen LogP contribution in [-0.4, -0.2) is 5.11 Å². The first-order chi connectivity index (χ1) is 10.0. The van der Waals surface area contributed by atoms with Crippen LogP contribution in [0, 0.1) is 28.6 Å². The molecule has 3 atom stereocenters. The highest BCUT2D eigenvalue weighted by atomic mass is 16.3. The van der Waals surface area contributed by atoms with Crippen molar-refractivity contribution >= 4 is 0 Å². The number of aliphatic hydroxyl groups excluding tert-OH is 1. The predicted octanol–water partition coefficient (Wildman–Crippen LogP) is 4.64. The molecule has 0 radical (unpaired) electrons. The second kappa shape index (κ2) is 6.62. The average Bonchev–Trinajstić information content (AvgIpc) is 2.91. The number of hydrogen-bond donors (Lipinski definition) is 1. The zero-order valence-corrected chi connectivity index (χ0v) is 13.5. The molecule has 1 aliphatic carbocycles. The summed E-state index contributed by atoms with van der Waals surface area (Å²) in [5, 5.41) is 20.4. The van der Waals surface area contributed by atoms with Crippen LogP contribution in [0.4, 0.5) is 0 Å². The van der Waals surface area contributed by atoms with Gasteiger partial charge < -0.3 is 5.11 Å². The van der Waals surface area contributed by atoms with Crippen molar-refractivity contribution in [3.8, 4) is 6.07 Å². The summed E-state index contributed by atoms with van der Waals surface area (Å²) in [5.74, 6) is 1.21. The fraction of sp³-hybridized carbons (Fsp3) is 0.632. The zero-order valence-electron chi connectivity index (χ0n) is 13.5. The highest BCUT2D eigenvalue weighted by Gasteiger charge is 2.45. The van der Waals surface area contributed by atoms with Gasteiger partial charge in [-0.3, -0.25) is 0 Å². The van der Waals surface area contributed by atoms with E-state index in [9.17, 15) is 10.4 Å². The van der Waals surface area contributed by atoms with Gasteiger partial charge in [0, 0.05) is 0 Å². The van der Waals surface area contributed by atoms with Crippen LogP contribution < -0.4 is 0 Å². The number of nitriles is 1. The third-order valence-corrected chi connectivity index (χ3v) is 4.91. The summed E-state index contributed by atoms with van der Waals surface area (Å²) < 4.78 is 0. The normalized spacial score (nSPS) is 26.8. The van der Waals surface area contributed by atoms with E-state index in [1.165, 1.54) is 5.56 Å². The molecule has 3 unspecified atom stereocenters. The van der Waals surface area contributed by atoms with E-state index in [-0.39, 0.29) is 0 Å². The first kappa shape index (κ1) is 16.0. The van der Waals surface area contributed by atoms with Gasteiger partial charge in [0.05, 0.1) is 17.6 Å². The van der Waals surface area contributed by atoms with Gasteiger partial charge in [-0.2, -0.15) is 5.26 Å². The van der Waals surface area contributed by atoms with Gasteiger partial charge in [0.2, 0.25) is 0 Å². The minimum Gasteiger partial charge on any atom is -0.387 e. The van der Waals surface area contributed by atoms with Crippen LogP contribution in [0.15, 0.2) is 24.3 Å². The van der Waals surface area contributed by atoms with Crippen LogP contribution in [0.3, 0.4) is 0 Å². The van der Waals surface area contributed by atoms with E-state index in [0.717, 1.165) is 37.7 Å². The van der Waals surface area contributed by atoms with Gasteiger partial charge >= 0.3 is 0 Å². The Morgan fingerprint density at radius 2 is 2.00 bits per heavy atom. The van der Waals surface area contributed by atoms with Crippen molar-refractivity contribution in [2.75, 3.05) is 0 Å². The lowest BCUT2D eigenvalue weighted by Gasteiger charge is -2.28. The van der Waals surface area contributed by atoms with Crippen LogP contribution in [0.2, 0.25) is 0 Å². The van der Waals surface area contributed by atoms with E-state index in [0.29, 0.717) is 11.8 Å². The van der Waals surface area contributed by atoms with Gasteiger partial charge in [0.25, 0.3) is 0 Å². The Balaban J connectivity index is 2.15. The molecule has 2 heteroatoms. The Morgan fingerprint density at radius 3 is 2.48 bits per heavy atom. The molecule has 1 fully saturated rings. The van der Waals surface area contributed by atoms with Gasteiger partial charge in [-0.15, -0.1) is 0 Å². The van der Waals surface area contributed by atoms with Gasteiger partial charge in [-0.1, -0.05) is 51.5 Å². The minimum atomic E-state index is -0.660. The Bertz CT molecular complexity index is 499. The van der Waals surface area contributed by atoms with Gasteiger partial charge in [-0.05, 0) is 48.6 Å². The SMILES string of the molecule is CCC1CCC(C#N)(C(O)c2ccc(CC(C)C)cc2)C1. The topological polar surface area (TPSA) is 44.0 Å². The van der Waals surface area contributed by atoms with E-state index in [2.05, 4.69) is 39.0 Å². The van der Waals surface area contributed by atoms with Crippen molar-refractivity contribution < 1.29 is 5.11 Å². The van der Waals surface area contributed by atoms with Gasteiger partial charge in [0.1, 0.15) is 0 Å². The molecule has 1 saturated carbocycles. The maximum atomic E-state index is 10.7. The van der Waals surface area contributed by atoms with Crippen LogP contribution in [0.25, 0.3) is 0 Å². The minimum absolute atomic E-state index is 0.583. The molecule has 21 heavy (non-hydrogen) atoms. The van der Waals surface area contributed by atoms with Gasteiger partial charge in [-0.25, -0.2) is 0 Å². The van der Waals surface area contributed by atoms with E-state index in [1.807, 2.05) is 12.1 Å². The molecule has 114 valence electrons. The fourth-order valence-electron chi connectivity index (χ4n) is 3.57. The Morgan fingerprint density at radius 1 is 1.33 bits per heavy atom. The van der Waals surface area contributed by atoms with Crippen molar-refractivity contribution in [2.24, 2.45) is 17.3 Å². The highest BCUT2D eigenvalue weighted by Crippen LogP contribution is 2.50. The molecule has 0 aromatic heterocycles. The number of benzene rings is 1. The third-order valence-electron chi connectivity index (χ3n) is 4.91. The third kappa shape index (κ3) is 3.47. The Labute approximate surface area is 128 Å². The standard InChI is InChI=1S/C19H27NO/c1-4-15-9-10-19(12-15,13-20)18(21)17-7-5-16(6-8-17)11-14(2)3/h5-8,14-15,18,21H,4,9-12H2,1-3H3. The second-order valence-corrected chi connectivity index (χ2v) is 7.03. The number of rotatable bonds is 5. The van der Waals surface area contributed by atoms with Gasteiger partial charge in [0.15, 0.2) is 0 Å². The molecule has 1 N–H and O–H groups in total. The van der Waals surface area contributed by atoms with Crippen LogP contribution in [0.5, 0.6) is 0 Å². The summed E-state index contributed by atoms with van der Waals surface area (Å²) in [5.41, 5.74) is 1.60. The monoisotopic (exact) mass is 285 g/mol. The first-order valence-electron chi connectivity index (χ1n) is 8.19. The maximum Gasteiger partial charge on any atom is 0.0976 e.